The van der Waals surface area contributed by atoms with Gasteiger partial charge in [0.2, 0.25) is 17.7 Å². The third-order valence-corrected chi connectivity index (χ3v) is 6.76. The van der Waals surface area contributed by atoms with E-state index in [-0.39, 0.29) is 23.3 Å². The molecule has 4 amide bonds. The van der Waals surface area contributed by atoms with Crippen molar-refractivity contribution < 1.29 is 48.9 Å². The number of hydrogen-bond donors (Lipinski definition) is 9. The van der Waals surface area contributed by atoms with E-state index in [1.807, 2.05) is 0 Å². The van der Waals surface area contributed by atoms with Crippen LogP contribution in [0.3, 0.4) is 0 Å². The van der Waals surface area contributed by atoms with Gasteiger partial charge in [-0.1, -0.05) is 0 Å². The molecule has 0 saturated carbocycles. The van der Waals surface area contributed by atoms with Gasteiger partial charge >= 0.3 is 17.9 Å². The largest absolute Gasteiger partial charge is 0.481 e. The summed E-state index contributed by atoms with van der Waals surface area (Å²) in [5.41, 5.74) is 0.953. The number of carboxylic acids is 3. The van der Waals surface area contributed by atoms with Gasteiger partial charge in [-0.25, -0.2) is 19.7 Å². The number of amides is 4. The molecule has 20 heteroatoms. The van der Waals surface area contributed by atoms with Crippen LogP contribution in [0.1, 0.15) is 47.6 Å². The van der Waals surface area contributed by atoms with Gasteiger partial charge in [-0.05, 0) is 37.6 Å². The second-order valence-electron chi connectivity index (χ2n) is 10.5. The van der Waals surface area contributed by atoms with Crippen LogP contribution in [0.25, 0.3) is 11.2 Å². The number of nitrogens with zero attached hydrogens (tertiary/aromatic N) is 3. The highest BCUT2D eigenvalue weighted by molar-refractivity contribution is 5.97. The second kappa shape index (κ2) is 16.9. The number of benzene rings is 1. The first kappa shape index (κ1) is 37.0. The SMILES string of the molecule is CNC(=O)[C@H](CC(=O)O)NC(=O)[C@H](CC(=O)O)NC(=O)CC[C@H](NC(=O)c1ccc(NCc2cnc3nc(C)[nH]c(=O)c3n2)cc1)C(=O)O. The molecule has 0 aliphatic carbocycles. The van der Waals surface area contributed by atoms with Crippen molar-refractivity contribution in [3.63, 3.8) is 0 Å². The Hall–Kier alpha value is -6.47. The molecule has 2 heterocycles. The van der Waals surface area contributed by atoms with Gasteiger partial charge in [0, 0.05) is 24.7 Å². The molecule has 0 radical (unpaired) electrons. The molecule has 1 aromatic carbocycles. The van der Waals surface area contributed by atoms with E-state index >= 15 is 0 Å². The highest BCUT2D eigenvalue weighted by Crippen LogP contribution is 2.12. The van der Waals surface area contributed by atoms with E-state index in [2.05, 4.69) is 46.5 Å². The lowest BCUT2D eigenvalue weighted by Crippen LogP contribution is -2.54. The van der Waals surface area contributed by atoms with Gasteiger partial charge in [-0.15, -0.1) is 0 Å². The number of aromatic amines is 1. The number of aromatic nitrogens is 4. The molecule has 20 nitrogen and oxygen atoms in total. The van der Waals surface area contributed by atoms with Crippen LogP contribution in [0.15, 0.2) is 35.3 Å². The summed E-state index contributed by atoms with van der Waals surface area (Å²) in [5, 5.41) is 39.5. The van der Waals surface area contributed by atoms with Gasteiger partial charge in [-0.3, -0.25) is 33.6 Å². The number of hydrogen-bond acceptors (Lipinski definition) is 12. The first-order valence-electron chi connectivity index (χ1n) is 14.5. The number of carbonyl (C=O) groups excluding carboxylic acids is 4. The number of aliphatic carboxylic acids is 3. The van der Waals surface area contributed by atoms with Gasteiger partial charge in [0.25, 0.3) is 11.5 Å². The standard InChI is InChI=1S/C29H33N9O11/c1-13-33-24-23(28(47)34-13)35-16(12-32-24)11-31-15-5-3-14(4-6-15)25(44)37-17(29(48)49)7-8-20(39)36-19(10-22(42)43)27(46)38-18(9-21(40)41)26(45)30-2/h3-6,12,17-19,31H,7-11H2,1-2H3,(H,30,45)(H,36,39)(H,37,44)(H,38,46)(H,40,41)(H,42,43)(H,48,49)(H,32,33,34,47)/t17-,18-,19-/m0/s1. The number of nitrogens with one attached hydrogen (secondary N) is 6. The first-order chi connectivity index (χ1) is 23.2. The molecule has 0 spiro atoms. The monoisotopic (exact) mass is 683 g/mol. The molecule has 2 aromatic heterocycles. The van der Waals surface area contributed by atoms with Gasteiger partial charge in [0.15, 0.2) is 11.2 Å². The maximum absolute atomic E-state index is 12.8. The average Bonchev–Trinajstić information content (AvgIpc) is 3.04. The molecule has 49 heavy (non-hydrogen) atoms. The Kier molecular flexibility index (Phi) is 12.8. The Bertz CT molecular complexity index is 1810. The van der Waals surface area contributed by atoms with Crippen molar-refractivity contribution in [1.29, 1.82) is 0 Å². The predicted molar refractivity (Wildman–Crippen MR) is 167 cm³/mol. The zero-order valence-electron chi connectivity index (χ0n) is 26.1. The minimum atomic E-state index is -1.73. The van der Waals surface area contributed by atoms with E-state index < -0.39 is 90.9 Å². The number of carbonyl (C=O) groups is 7. The Balaban J connectivity index is 1.56. The van der Waals surface area contributed by atoms with E-state index in [0.29, 0.717) is 17.2 Å². The zero-order chi connectivity index (χ0) is 36.2. The molecule has 9 N–H and O–H groups in total. The summed E-state index contributed by atoms with van der Waals surface area (Å²) in [5.74, 6) is -7.74. The fraction of sp³-hybridized carbons (Fsp3) is 0.345. The Morgan fingerprint density at radius 3 is 2.06 bits per heavy atom. The maximum atomic E-state index is 12.8. The molecule has 260 valence electrons. The lowest BCUT2D eigenvalue weighted by atomic mass is 10.1. The highest BCUT2D eigenvalue weighted by atomic mass is 16.4. The lowest BCUT2D eigenvalue weighted by molar-refractivity contribution is -0.143. The summed E-state index contributed by atoms with van der Waals surface area (Å²) in [4.78, 5) is 111. The van der Waals surface area contributed by atoms with Gasteiger partial charge < -0.3 is 46.9 Å². The summed E-state index contributed by atoms with van der Waals surface area (Å²) in [6.07, 6.45) is -1.29. The van der Waals surface area contributed by atoms with Crippen LogP contribution in [-0.4, -0.2) is 102 Å². The van der Waals surface area contributed by atoms with Crippen LogP contribution in [0.4, 0.5) is 5.69 Å². The molecule has 3 aromatic rings. The maximum Gasteiger partial charge on any atom is 0.326 e. The van der Waals surface area contributed by atoms with Gasteiger partial charge in [-0.2, -0.15) is 0 Å². The van der Waals surface area contributed by atoms with Crippen molar-refractivity contribution in [1.82, 2.24) is 41.2 Å². The zero-order valence-corrected chi connectivity index (χ0v) is 26.1. The molecule has 0 aliphatic heterocycles. The van der Waals surface area contributed by atoms with Crippen LogP contribution in [0.5, 0.6) is 0 Å². The number of fused-ring (bicyclic) bond motifs is 1. The van der Waals surface area contributed by atoms with Crippen LogP contribution < -0.4 is 32.1 Å². The summed E-state index contributed by atoms with van der Waals surface area (Å²) in [6.45, 7) is 1.80. The summed E-state index contributed by atoms with van der Waals surface area (Å²) < 4.78 is 0. The number of rotatable bonds is 17. The van der Waals surface area contributed by atoms with Gasteiger partial charge in [0.1, 0.15) is 23.9 Å². The normalized spacial score (nSPS) is 12.5. The second-order valence-corrected chi connectivity index (χ2v) is 10.5. The third kappa shape index (κ3) is 11.1. The first-order valence-corrected chi connectivity index (χ1v) is 14.5. The van der Waals surface area contributed by atoms with Crippen molar-refractivity contribution in [2.24, 2.45) is 0 Å². The summed E-state index contributed by atoms with van der Waals surface area (Å²) >= 11 is 0. The summed E-state index contributed by atoms with van der Waals surface area (Å²) in [7, 11) is 1.19. The predicted octanol–water partition coefficient (Wildman–Crippen LogP) is -1.74. The number of anilines is 1. The van der Waals surface area contributed by atoms with E-state index in [9.17, 15) is 48.6 Å². The molecular weight excluding hydrogens is 650 g/mol. The minimum Gasteiger partial charge on any atom is -0.481 e. The smallest absolute Gasteiger partial charge is 0.326 e. The molecule has 0 fully saturated rings. The molecule has 0 bridgehead atoms. The van der Waals surface area contributed by atoms with E-state index in [1.165, 1.54) is 25.4 Å². The molecule has 0 unspecified atom stereocenters. The van der Waals surface area contributed by atoms with Crippen molar-refractivity contribution in [2.75, 3.05) is 12.4 Å². The molecular formula is C29H33N9O11. The lowest BCUT2D eigenvalue weighted by Gasteiger charge is -2.21. The Morgan fingerprint density at radius 2 is 1.47 bits per heavy atom. The molecule has 0 aliphatic rings. The van der Waals surface area contributed by atoms with Crippen LogP contribution >= 0.6 is 0 Å². The van der Waals surface area contributed by atoms with Crippen LogP contribution in [0, 0.1) is 6.92 Å². The minimum absolute atomic E-state index is 0.0805. The molecule has 3 atom stereocenters. The van der Waals surface area contributed by atoms with Crippen molar-refractivity contribution in [3.8, 4) is 0 Å². The van der Waals surface area contributed by atoms with Crippen LogP contribution in [-0.2, 0) is 35.3 Å². The fourth-order valence-electron chi connectivity index (χ4n) is 4.34. The van der Waals surface area contributed by atoms with E-state index in [1.54, 1.807) is 19.1 Å². The summed E-state index contributed by atoms with van der Waals surface area (Å²) in [6, 6.07) is 1.08. The topological polar surface area (TPSA) is 312 Å². The third-order valence-electron chi connectivity index (χ3n) is 6.76. The Labute approximate surface area is 276 Å². The molecule has 0 saturated heterocycles. The van der Waals surface area contributed by atoms with Crippen LogP contribution in [0.2, 0.25) is 0 Å². The number of likely N-dealkylation sites (N-methyl/N-ethyl adjacent to an activating group) is 1. The Morgan fingerprint density at radius 1 is 0.837 bits per heavy atom. The van der Waals surface area contributed by atoms with Crippen molar-refractivity contribution in [2.45, 2.75) is 57.3 Å². The number of aryl methyl sites for hydroxylation is 1. The van der Waals surface area contributed by atoms with E-state index in [0.717, 1.165) is 0 Å². The highest BCUT2D eigenvalue weighted by Gasteiger charge is 2.30. The van der Waals surface area contributed by atoms with Crippen molar-refractivity contribution >= 4 is 58.4 Å². The number of H-pyrrole nitrogens is 1. The average molecular weight is 684 g/mol. The van der Waals surface area contributed by atoms with E-state index in [4.69, 9.17) is 5.11 Å². The quantitative estimate of drug-likeness (QED) is 0.0763. The van der Waals surface area contributed by atoms with Crippen molar-refractivity contribution in [3.05, 3.63) is 57.9 Å². The number of carboxylic acid groups (broad SMARTS) is 3. The fourth-order valence-corrected chi connectivity index (χ4v) is 4.34. The van der Waals surface area contributed by atoms with Gasteiger partial charge in [0.05, 0.1) is 31.3 Å². The molecule has 3 rings (SSSR count).